The molecule has 3 heterocycles. The van der Waals surface area contributed by atoms with E-state index in [1.54, 1.807) is 59.5 Å². The Labute approximate surface area is 168 Å². The van der Waals surface area contributed by atoms with Crippen LogP contribution in [-0.4, -0.2) is 30.3 Å². The maximum absolute atomic E-state index is 13.0. The maximum atomic E-state index is 13.0. The van der Waals surface area contributed by atoms with Crippen LogP contribution in [0.3, 0.4) is 0 Å². The molecule has 0 saturated carbocycles. The number of nitrogens with one attached hydrogen (secondary N) is 2. The molecule has 5 aromatic rings. The van der Waals surface area contributed by atoms with E-state index < -0.39 is 5.91 Å². The molecule has 0 fully saturated rings. The zero-order chi connectivity index (χ0) is 20.0. The Balaban J connectivity index is 1.60. The Hall–Kier alpha value is -3.91. The summed E-state index contributed by atoms with van der Waals surface area (Å²) in [5.41, 5.74) is 2.01. The summed E-state index contributed by atoms with van der Waals surface area (Å²) >= 11 is 6.12. The lowest BCUT2D eigenvalue weighted by Crippen LogP contribution is -2.16. The van der Waals surface area contributed by atoms with Gasteiger partial charge in [-0.3, -0.25) is 9.59 Å². The molecule has 0 spiro atoms. The number of amides is 1. The number of nitrogens with zero attached hydrogens (tertiary/aromatic N) is 4. The van der Waals surface area contributed by atoms with E-state index in [1.165, 1.54) is 10.7 Å². The first-order valence-electron chi connectivity index (χ1n) is 8.71. The van der Waals surface area contributed by atoms with E-state index in [0.29, 0.717) is 32.9 Å². The molecule has 9 heteroatoms. The summed E-state index contributed by atoms with van der Waals surface area (Å²) in [6.07, 6.45) is 4.82. The van der Waals surface area contributed by atoms with Crippen LogP contribution in [0.25, 0.3) is 22.2 Å². The van der Waals surface area contributed by atoms with Crippen molar-refractivity contribution < 1.29 is 4.79 Å². The highest BCUT2D eigenvalue weighted by Crippen LogP contribution is 2.25. The molecule has 5 rings (SSSR count). The number of anilines is 1. The van der Waals surface area contributed by atoms with Gasteiger partial charge in [-0.25, -0.2) is 9.20 Å². The molecule has 3 aromatic heterocycles. The van der Waals surface area contributed by atoms with E-state index in [2.05, 4.69) is 20.5 Å². The Kier molecular flexibility index (Phi) is 3.92. The number of hydrogen-bond donors (Lipinski definition) is 2. The minimum Gasteiger partial charge on any atom is -0.320 e. The van der Waals surface area contributed by atoms with Crippen LogP contribution in [0.5, 0.6) is 0 Å². The minimum absolute atomic E-state index is 0.235. The zero-order valence-electron chi connectivity index (χ0n) is 14.8. The van der Waals surface area contributed by atoms with Gasteiger partial charge in [0.15, 0.2) is 0 Å². The Morgan fingerprint density at radius 2 is 1.97 bits per heavy atom. The van der Waals surface area contributed by atoms with E-state index in [9.17, 15) is 9.59 Å². The van der Waals surface area contributed by atoms with Crippen LogP contribution in [-0.2, 0) is 0 Å². The molecule has 8 nitrogen and oxygen atoms in total. The van der Waals surface area contributed by atoms with Gasteiger partial charge in [0.05, 0.1) is 28.5 Å². The van der Waals surface area contributed by atoms with Gasteiger partial charge in [0.25, 0.3) is 11.5 Å². The predicted molar refractivity (Wildman–Crippen MR) is 110 cm³/mol. The van der Waals surface area contributed by atoms with E-state index in [-0.39, 0.29) is 11.1 Å². The van der Waals surface area contributed by atoms with Gasteiger partial charge >= 0.3 is 0 Å². The fourth-order valence-electron chi connectivity index (χ4n) is 3.25. The number of rotatable bonds is 3. The molecular formula is C20H13ClN6O2. The van der Waals surface area contributed by atoms with Crippen molar-refractivity contribution >= 4 is 39.7 Å². The molecular weight excluding hydrogens is 392 g/mol. The predicted octanol–water partition coefficient (Wildman–Crippen LogP) is 3.27. The standard InChI is InChI=1S/C20H13ClN6O2/c21-12-6-7-17(26-9-3-8-22-26)15(10-12)24-20(29)14-11-23-27-16-5-2-1-4-13(16)19(28)25-18(14)27/h1-11H,(H,24,29)(H,25,28). The summed E-state index contributed by atoms with van der Waals surface area (Å²) in [5, 5.41) is 12.3. The molecule has 0 aliphatic heterocycles. The van der Waals surface area contributed by atoms with E-state index in [4.69, 9.17) is 11.6 Å². The minimum atomic E-state index is -0.429. The Bertz CT molecular complexity index is 1430. The average Bonchev–Trinajstić information content (AvgIpc) is 3.38. The molecule has 0 aliphatic carbocycles. The van der Waals surface area contributed by atoms with Crippen LogP contribution >= 0.6 is 11.6 Å². The lowest BCUT2D eigenvalue weighted by Gasteiger charge is -2.11. The quantitative estimate of drug-likeness (QED) is 0.482. The van der Waals surface area contributed by atoms with Crippen molar-refractivity contribution in [1.29, 1.82) is 0 Å². The molecule has 29 heavy (non-hydrogen) atoms. The van der Waals surface area contributed by atoms with Crippen LogP contribution < -0.4 is 10.9 Å². The van der Waals surface area contributed by atoms with Gasteiger partial charge in [0, 0.05) is 17.4 Å². The highest BCUT2D eigenvalue weighted by atomic mass is 35.5. The van der Waals surface area contributed by atoms with Gasteiger partial charge in [0.2, 0.25) is 0 Å². The molecule has 142 valence electrons. The number of carbonyl (C=O) groups is 1. The van der Waals surface area contributed by atoms with Crippen LogP contribution in [0.15, 0.2) is 71.9 Å². The number of hydrogen-bond acceptors (Lipinski definition) is 4. The van der Waals surface area contributed by atoms with Gasteiger partial charge < -0.3 is 10.3 Å². The molecule has 2 aromatic carbocycles. The van der Waals surface area contributed by atoms with Crippen molar-refractivity contribution in [2.24, 2.45) is 0 Å². The molecule has 0 saturated heterocycles. The summed E-state index contributed by atoms with van der Waals surface area (Å²) in [7, 11) is 0. The van der Waals surface area contributed by atoms with Crippen molar-refractivity contribution in [2.75, 3.05) is 5.32 Å². The molecule has 0 unspecified atom stereocenters. The highest BCUT2D eigenvalue weighted by molar-refractivity contribution is 6.31. The number of para-hydroxylation sites is 1. The van der Waals surface area contributed by atoms with Crippen molar-refractivity contribution in [1.82, 2.24) is 24.4 Å². The van der Waals surface area contributed by atoms with E-state index in [1.807, 2.05) is 6.07 Å². The number of aromatic nitrogens is 5. The second-order valence-electron chi connectivity index (χ2n) is 6.36. The topological polar surface area (TPSA) is 97.1 Å². The Morgan fingerprint density at radius 3 is 2.79 bits per heavy atom. The normalized spacial score (nSPS) is 11.2. The average molecular weight is 405 g/mol. The number of fused-ring (bicyclic) bond motifs is 3. The number of aromatic amines is 1. The van der Waals surface area contributed by atoms with Crippen LogP contribution in [0.4, 0.5) is 5.69 Å². The third kappa shape index (κ3) is 2.86. The molecule has 1 amide bonds. The molecule has 0 radical (unpaired) electrons. The fourth-order valence-corrected chi connectivity index (χ4v) is 3.42. The SMILES string of the molecule is O=C(Nc1cc(Cl)ccc1-n1cccn1)c1cnn2c1[nH]c(=O)c1ccccc12. The molecule has 0 atom stereocenters. The van der Waals surface area contributed by atoms with Crippen molar-refractivity contribution in [3.63, 3.8) is 0 Å². The van der Waals surface area contributed by atoms with Crippen molar-refractivity contribution in [3.8, 4) is 5.69 Å². The second kappa shape index (κ2) is 6.61. The first kappa shape index (κ1) is 17.2. The summed E-state index contributed by atoms with van der Waals surface area (Å²) in [5.74, 6) is -0.429. The van der Waals surface area contributed by atoms with Crippen LogP contribution in [0, 0.1) is 0 Å². The van der Waals surface area contributed by atoms with E-state index in [0.717, 1.165) is 0 Å². The largest absolute Gasteiger partial charge is 0.320 e. The number of benzene rings is 2. The lowest BCUT2D eigenvalue weighted by molar-refractivity contribution is 0.102. The third-order valence-corrected chi connectivity index (χ3v) is 4.82. The molecule has 0 bridgehead atoms. The first-order chi connectivity index (χ1) is 14.1. The molecule has 0 aliphatic rings. The summed E-state index contributed by atoms with van der Waals surface area (Å²) in [6.45, 7) is 0. The fraction of sp³-hybridized carbons (Fsp3) is 0. The third-order valence-electron chi connectivity index (χ3n) is 4.58. The van der Waals surface area contributed by atoms with Gasteiger partial charge in [-0.05, 0) is 36.4 Å². The smallest absolute Gasteiger partial charge is 0.261 e. The summed E-state index contributed by atoms with van der Waals surface area (Å²) in [4.78, 5) is 28.2. The van der Waals surface area contributed by atoms with Crippen LogP contribution in [0.1, 0.15) is 10.4 Å². The first-order valence-corrected chi connectivity index (χ1v) is 9.09. The zero-order valence-corrected chi connectivity index (χ0v) is 15.6. The molecule has 2 N–H and O–H groups in total. The van der Waals surface area contributed by atoms with Crippen molar-refractivity contribution in [2.45, 2.75) is 0 Å². The van der Waals surface area contributed by atoms with Gasteiger partial charge in [-0.1, -0.05) is 23.7 Å². The summed E-state index contributed by atoms with van der Waals surface area (Å²) in [6, 6.07) is 14.0. The summed E-state index contributed by atoms with van der Waals surface area (Å²) < 4.78 is 3.16. The van der Waals surface area contributed by atoms with E-state index >= 15 is 0 Å². The van der Waals surface area contributed by atoms with Crippen molar-refractivity contribution in [3.05, 3.63) is 88.1 Å². The maximum Gasteiger partial charge on any atom is 0.261 e. The van der Waals surface area contributed by atoms with Crippen LogP contribution in [0.2, 0.25) is 5.02 Å². The Morgan fingerprint density at radius 1 is 1.10 bits per heavy atom. The monoisotopic (exact) mass is 404 g/mol. The van der Waals surface area contributed by atoms with Gasteiger partial charge in [-0.15, -0.1) is 0 Å². The lowest BCUT2D eigenvalue weighted by atomic mass is 10.2. The second-order valence-corrected chi connectivity index (χ2v) is 6.79. The highest BCUT2D eigenvalue weighted by Gasteiger charge is 2.18. The number of halogens is 1. The van der Waals surface area contributed by atoms with Gasteiger partial charge in [-0.2, -0.15) is 10.2 Å². The number of carbonyl (C=O) groups excluding carboxylic acids is 1. The number of H-pyrrole nitrogens is 1. The van der Waals surface area contributed by atoms with Gasteiger partial charge in [0.1, 0.15) is 11.2 Å².